The van der Waals surface area contributed by atoms with Crippen LogP contribution in [0.4, 0.5) is 24.1 Å². The molecule has 6 nitrogen and oxygen atoms in total. The van der Waals surface area contributed by atoms with Gasteiger partial charge in [-0.25, -0.2) is 9.97 Å². The molecule has 0 atom stereocenters. The van der Waals surface area contributed by atoms with Crippen LogP contribution in [-0.4, -0.2) is 21.8 Å². The maximum atomic E-state index is 12.5. The molecule has 0 saturated carbocycles. The Morgan fingerprint density at radius 1 is 1.04 bits per heavy atom. The third-order valence-corrected chi connectivity index (χ3v) is 4.28. The minimum Gasteiger partial charge on any atom is -0.305 e. The van der Waals surface area contributed by atoms with Gasteiger partial charge in [-0.15, -0.1) is 11.3 Å². The number of pyridine rings is 1. The summed E-state index contributed by atoms with van der Waals surface area (Å²) >= 11 is 1.06. The minimum absolute atomic E-state index is 0.0155. The van der Waals surface area contributed by atoms with E-state index in [0.717, 1.165) is 29.0 Å². The maximum Gasteiger partial charge on any atom is 0.417 e. The van der Waals surface area contributed by atoms with Crippen LogP contribution in [0.3, 0.4) is 0 Å². The molecule has 1 aromatic carbocycles. The van der Waals surface area contributed by atoms with Gasteiger partial charge in [-0.2, -0.15) is 13.2 Å². The Kier molecular flexibility index (Phi) is 5.69. The first-order chi connectivity index (χ1) is 13.3. The molecule has 28 heavy (non-hydrogen) atoms. The zero-order valence-electron chi connectivity index (χ0n) is 14.2. The first-order valence-corrected chi connectivity index (χ1v) is 8.83. The van der Waals surface area contributed by atoms with Crippen molar-refractivity contribution in [2.75, 3.05) is 10.6 Å². The van der Waals surface area contributed by atoms with E-state index in [1.165, 1.54) is 5.38 Å². The molecule has 0 bridgehead atoms. The molecule has 2 heterocycles. The lowest BCUT2D eigenvalue weighted by atomic mass is 10.1. The second-order valence-electron chi connectivity index (χ2n) is 5.63. The molecule has 3 aromatic rings. The summed E-state index contributed by atoms with van der Waals surface area (Å²) in [6.07, 6.45) is -3.71. The van der Waals surface area contributed by atoms with Gasteiger partial charge in [-0.3, -0.25) is 9.59 Å². The van der Waals surface area contributed by atoms with Crippen molar-refractivity contribution in [1.82, 2.24) is 9.97 Å². The first-order valence-electron chi connectivity index (χ1n) is 7.95. The number of nitrogens with zero attached hydrogens (tertiary/aromatic N) is 2. The summed E-state index contributed by atoms with van der Waals surface area (Å²) in [7, 11) is 0. The van der Waals surface area contributed by atoms with E-state index in [9.17, 15) is 22.8 Å². The lowest BCUT2D eigenvalue weighted by molar-refractivity contribution is -0.137. The van der Waals surface area contributed by atoms with Crippen molar-refractivity contribution >= 4 is 34.1 Å². The van der Waals surface area contributed by atoms with E-state index < -0.39 is 17.6 Å². The monoisotopic (exact) mass is 406 g/mol. The topological polar surface area (TPSA) is 84.0 Å². The molecule has 0 saturated heterocycles. The van der Waals surface area contributed by atoms with Crippen LogP contribution < -0.4 is 10.6 Å². The fourth-order valence-corrected chi connectivity index (χ4v) is 2.90. The van der Waals surface area contributed by atoms with Crippen LogP contribution >= 0.6 is 11.3 Å². The molecule has 2 amide bonds. The number of anilines is 2. The Labute approximate surface area is 161 Å². The van der Waals surface area contributed by atoms with Gasteiger partial charge in [0.2, 0.25) is 5.91 Å². The number of benzene rings is 1. The van der Waals surface area contributed by atoms with Crippen LogP contribution in [0.25, 0.3) is 0 Å². The number of nitrogens with one attached hydrogen (secondary N) is 2. The van der Waals surface area contributed by atoms with E-state index in [1.54, 1.807) is 0 Å². The number of aromatic nitrogens is 2. The zero-order valence-corrected chi connectivity index (χ0v) is 15.0. The van der Waals surface area contributed by atoms with Gasteiger partial charge in [-0.05, 0) is 17.7 Å². The molecule has 3 rings (SSSR count). The number of alkyl halides is 3. The van der Waals surface area contributed by atoms with Crippen LogP contribution in [0, 0.1) is 0 Å². The summed E-state index contributed by atoms with van der Waals surface area (Å²) in [4.78, 5) is 31.7. The third-order valence-electron chi connectivity index (χ3n) is 3.52. The van der Waals surface area contributed by atoms with E-state index in [0.29, 0.717) is 6.20 Å². The Morgan fingerprint density at radius 3 is 2.43 bits per heavy atom. The number of hydrogen-bond acceptors (Lipinski definition) is 5. The molecule has 0 aliphatic rings. The SMILES string of the molecule is O=C(Cc1ccccc1)Nc1nc(C(=O)Nc2ccc(C(F)(F)F)cn2)cs1. The van der Waals surface area contributed by atoms with E-state index in [-0.39, 0.29) is 29.0 Å². The van der Waals surface area contributed by atoms with Crippen LogP contribution in [0.2, 0.25) is 0 Å². The van der Waals surface area contributed by atoms with Crippen molar-refractivity contribution < 1.29 is 22.8 Å². The number of carbonyl (C=O) groups is 2. The number of carbonyl (C=O) groups excluding carboxylic acids is 2. The molecule has 144 valence electrons. The third kappa shape index (κ3) is 5.13. The summed E-state index contributed by atoms with van der Waals surface area (Å²) in [5.74, 6) is -0.968. The predicted octanol–water partition coefficient (Wildman–Crippen LogP) is 3.99. The number of hydrogen-bond donors (Lipinski definition) is 2. The maximum absolute atomic E-state index is 12.5. The van der Waals surface area contributed by atoms with Crippen LogP contribution in [0.1, 0.15) is 21.6 Å². The molecular weight excluding hydrogens is 393 g/mol. The number of halogens is 3. The quantitative estimate of drug-likeness (QED) is 0.671. The Bertz CT molecular complexity index is 973. The van der Waals surface area contributed by atoms with Crippen molar-refractivity contribution in [3.63, 3.8) is 0 Å². The summed E-state index contributed by atoms with van der Waals surface area (Å²) < 4.78 is 37.6. The molecule has 0 radical (unpaired) electrons. The van der Waals surface area contributed by atoms with Crippen molar-refractivity contribution in [3.8, 4) is 0 Å². The minimum atomic E-state index is -4.50. The molecule has 10 heteroatoms. The lowest BCUT2D eigenvalue weighted by Crippen LogP contribution is -2.16. The first kappa shape index (κ1) is 19.5. The van der Waals surface area contributed by atoms with Gasteiger partial charge in [-0.1, -0.05) is 30.3 Å². The van der Waals surface area contributed by atoms with Crippen LogP contribution in [-0.2, 0) is 17.4 Å². The van der Waals surface area contributed by atoms with E-state index >= 15 is 0 Å². The van der Waals surface area contributed by atoms with Gasteiger partial charge in [0.1, 0.15) is 11.5 Å². The number of amides is 2. The van der Waals surface area contributed by atoms with Gasteiger partial charge in [0.15, 0.2) is 5.13 Å². The highest BCUT2D eigenvalue weighted by atomic mass is 32.1. The fourth-order valence-electron chi connectivity index (χ4n) is 2.20. The van der Waals surface area contributed by atoms with Gasteiger partial charge in [0.05, 0.1) is 12.0 Å². The molecule has 0 aliphatic carbocycles. The standard InChI is InChI=1S/C18H13F3N4O2S/c19-18(20,21)12-6-7-14(22-9-12)24-16(27)13-10-28-17(23-13)25-15(26)8-11-4-2-1-3-5-11/h1-7,9-10H,8H2,(H,22,24,27)(H,23,25,26). The van der Waals surface area contributed by atoms with Crippen molar-refractivity contribution in [2.24, 2.45) is 0 Å². The highest BCUT2D eigenvalue weighted by Crippen LogP contribution is 2.29. The summed E-state index contributed by atoms with van der Waals surface area (Å²) in [5.41, 5.74) is -0.0628. The van der Waals surface area contributed by atoms with Crippen molar-refractivity contribution in [1.29, 1.82) is 0 Å². The molecule has 0 aliphatic heterocycles. The van der Waals surface area contributed by atoms with Crippen molar-refractivity contribution in [3.05, 3.63) is 70.9 Å². The molecule has 2 N–H and O–H groups in total. The van der Waals surface area contributed by atoms with Gasteiger partial charge < -0.3 is 10.6 Å². The predicted molar refractivity (Wildman–Crippen MR) is 98.1 cm³/mol. The van der Waals surface area contributed by atoms with Gasteiger partial charge in [0, 0.05) is 11.6 Å². The summed E-state index contributed by atoms with van der Waals surface area (Å²) in [6, 6.07) is 11.0. The highest BCUT2D eigenvalue weighted by Gasteiger charge is 2.30. The van der Waals surface area contributed by atoms with E-state index in [1.807, 2.05) is 30.3 Å². The van der Waals surface area contributed by atoms with Crippen LogP contribution in [0.5, 0.6) is 0 Å². The number of rotatable bonds is 5. The Morgan fingerprint density at radius 2 is 1.79 bits per heavy atom. The second kappa shape index (κ2) is 8.17. The van der Waals surface area contributed by atoms with Gasteiger partial charge >= 0.3 is 6.18 Å². The lowest BCUT2D eigenvalue weighted by Gasteiger charge is -2.07. The molecule has 0 fully saturated rings. The largest absolute Gasteiger partial charge is 0.417 e. The van der Waals surface area contributed by atoms with E-state index in [2.05, 4.69) is 20.6 Å². The molecule has 0 unspecified atom stereocenters. The number of thiazole rings is 1. The normalized spacial score (nSPS) is 11.1. The average molecular weight is 406 g/mol. The Hall–Kier alpha value is -3.27. The molecule has 2 aromatic heterocycles. The zero-order chi connectivity index (χ0) is 20.1. The molecular formula is C18H13F3N4O2S. The fraction of sp³-hybridized carbons (Fsp3) is 0.111. The summed E-state index contributed by atoms with van der Waals surface area (Å²) in [6.45, 7) is 0. The van der Waals surface area contributed by atoms with Gasteiger partial charge in [0.25, 0.3) is 5.91 Å². The molecule has 0 spiro atoms. The van der Waals surface area contributed by atoms with Crippen LogP contribution in [0.15, 0.2) is 54.0 Å². The van der Waals surface area contributed by atoms with Crippen molar-refractivity contribution in [2.45, 2.75) is 12.6 Å². The highest BCUT2D eigenvalue weighted by molar-refractivity contribution is 7.14. The van der Waals surface area contributed by atoms with E-state index in [4.69, 9.17) is 0 Å². The summed E-state index contributed by atoms with van der Waals surface area (Å²) in [5, 5.41) is 6.63. The smallest absolute Gasteiger partial charge is 0.305 e. The second-order valence-corrected chi connectivity index (χ2v) is 6.49. The average Bonchev–Trinajstić information content (AvgIpc) is 3.10. The Balaban J connectivity index is 1.58.